The van der Waals surface area contributed by atoms with Crippen LogP contribution in [0.3, 0.4) is 0 Å². The molecule has 5 rings (SSSR count). The van der Waals surface area contributed by atoms with Gasteiger partial charge in [0.05, 0.1) is 27.7 Å². The molecule has 9 heteroatoms. The molecule has 1 aliphatic carbocycles. The molecule has 2 aromatic carbocycles. The summed E-state index contributed by atoms with van der Waals surface area (Å²) in [6.07, 6.45) is 4.69. The number of nitrogens with one attached hydrogen (secondary N) is 2. The molecule has 1 aliphatic rings. The van der Waals surface area contributed by atoms with E-state index in [1.54, 1.807) is 12.1 Å². The van der Waals surface area contributed by atoms with E-state index < -0.39 is 16.1 Å². The number of rotatable bonds is 7. The third kappa shape index (κ3) is 4.83. The summed E-state index contributed by atoms with van der Waals surface area (Å²) in [6, 6.07) is 14.1. The number of carbonyl (C=O) groups excluding carboxylic acids is 1. The van der Waals surface area contributed by atoms with E-state index in [-0.39, 0.29) is 10.3 Å². The lowest BCUT2D eigenvalue weighted by Gasteiger charge is -2.18. The lowest BCUT2D eigenvalue weighted by Crippen LogP contribution is -2.42. The van der Waals surface area contributed by atoms with Gasteiger partial charge in [0.25, 0.3) is 10.0 Å². The predicted molar refractivity (Wildman–Crippen MR) is 143 cm³/mol. The average molecular weight is 518 g/mol. The number of fused-ring (bicyclic) bond motifs is 1. The van der Waals surface area contributed by atoms with Crippen LogP contribution in [0.4, 0.5) is 4.79 Å². The van der Waals surface area contributed by atoms with Crippen LogP contribution in [0.15, 0.2) is 59.6 Å². The summed E-state index contributed by atoms with van der Waals surface area (Å²) in [6.45, 7) is 8.30. The van der Waals surface area contributed by atoms with Gasteiger partial charge >= 0.3 is 6.03 Å². The molecule has 0 saturated heterocycles. The molecule has 1 saturated carbocycles. The number of carbonyl (C=O) groups is 1. The van der Waals surface area contributed by atoms with Crippen LogP contribution >= 0.6 is 0 Å². The summed E-state index contributed by atoms with van der Waals surface area (Å²) in [4.78, 5) is 21.9. The fourth-order valence-corrected chi connectivity index (χ4v) is 5.76. The molecule has 0 atom stereocenters. The van der Waals surface area contributed by atoms with Gasteiger partial charge in [-0.2, -0.15) is 0 Å². The number of amides is 2. The molecule has 0 bridgehead atoms. The van der Waals surface area contributed by atoms with E-state index in [9.17, 15) is 13.2 Å². The molecule has 0 radical (unpaired) electrons. The molecule has 0 spiro atoms. The second-order valence-corrected chi connectivity index (χ2v) is 11.6. The molecule has 8 nitrogen and oxygen atoms in total. The van der Waals surface area contributed by atoms with Gasteiger partial charge in [-0.25, -0.2) is 22.9 Å². The van der Waals surface area contributed by atoms with Gasteiger partial charge in [-0.15, -0.1) is 0 Å². The van der Waals surface area contributed by atoms with Crippen molar-refractivity contribution in [3.05, 3.63) is 82.9 Å². The topological polar surface area (TPSA) is 105 Å². The number of benzene rings is 2. The van der Waals surface area contributed by atoms with Crippen LogP contribution in [0, 0.1) is 20.8 Å². The highest BCUT2D eigenvalue weighted by molar-refractivity contribution is 7.90. The highest BCUT2D eigenvalue weighted by Gasteiger charge is 2.44. The number of aryl methyl sites for hydroxylation is 4. The normalized spacial score (nSPS) is 14.5. The Bertz CT molecular complexity index is 1590. The molecule has 4 aromatic rings. The van der Waals surface area contributed by atoms with Crippen molar-refractivity contribution in [1.29, 1.82) is 0 Å². The van der Waals surface area contributed by atoms with E-state index in [0.29, 0.717) is 6.54 Å². The third-order valence-electron chi connectivity index (χ3n) is 7.07. The molecular formula is C28H31N5O3S. The first-order chi connectivity index (χ1) is 17.6. The van der Waals surface area contributed by atoms with Gasteiger partial charge < -0.3 is 5.32 Å². The van der Waals surface area contributed by atoms with Gasteiger partial charge in [-0.05, 0) is 57.7 Å². The van der Waals surface area contributed by atoms with Crippen LogP contribution in [-0.2, 0) is 21.9 Å². The number of nitrogens with zero attached hydrogens (tertiary/aromatic N) is 3. The molecule has 192 valence electrons. The zero-order valence-corrected chi connectivity index (χ0v) is 22.3. The number of imidazole rings is 1. The molecular weight excluding hydrogens is 486 g/mol. The van der Waals surface area contributed by atoms with E-state index in [1.807, 2.05) is 27.0 Å². The van der Waals surface area contributed by atoms with Gasteiger partial charge in [0.1, 0.15) is 0 Å². The maximum atomic E-state index is 12.5. The third-order valence-corrected chi connectivity index (χ3v) is 8.42. The number of hydrogen-bond acceptors (Lipinski definition) is 5. The molecule has 2 aromatic heterocycles. The second-order valence-electron chi connectivity index (χ2n) is 9.88. The van der Waals surface area contributed by atoms with Crippen molar-refractivity contribution in [2.24, 2.45) is 0 Å². The summed E-state index contributed by atoms with van der Waals surface area (Å²) in [5.41, 5.74) is 7.77. The lowest BCUT2D eigenvalue weighted by atomic mass is 9.94. The standard InChI is InChI=1S/C28H31N5O3S/c1-5-24-25(33-16-19(3)30-20(4)26(33)31-24)21-8-10-22(11-9-21)28(14-15-28)17-29-27(34)32-37(35,36)23-12-6-18(2)7-13-23/h6-13,16H,5,14-15,17H2,1-4H3,(H2,29,32,34). The van der Waals surface area contributed by atoms with E-state index in [4.69, 9.17) is 4.98 Å². The summed E-state index contributed by atoms with van der Waals surface area (Å²) in [5, 5.41) is 2.77. The number of sulfonamides is 1. The van der Waals surface area contributed by atoms with Gasteiger partial charge in [0.15, 0.2) is 5.65 Å². The van der Waals surface area contributed by atoms with Crippen molar-refractivity contribution in [2.45, 2.75) is 57.3 Å². The van der Waals surface area contributed by atoms with E-state index >= 15 is 0 Å². The smallest absolute Gasteiger partial charge is 0.328 e. The first-order valence-corrected chi connectivity index (χ1v) is 13.9. The molecule has 0 unspecified atom stereocenters. The minimum absolute atomic E-state index is 0.0602. The molecule has 2 N–H and O–H groups in total. The van der Waals surface area contributed by atoms with Crippen molar-refractivity contribution in [3.63, 3.8) is 0 Å². The molecule has 0 aliphatic heterocycles. The second kappa shape index (κ2) is 9.30. The van der Waals surface area contributed by atoms with Crippen molar-refractivity contribution in [3.8, 4) is 11.3 Å². The van der Waals surface area contributed by atoms with Crippen LogP contribution in [0.1, 0.15) is 48.0 Å². The van der Waals surface area contributed by atoms with Crippen LogP contribution in [0.2, 0.25) is 0 Å². The van der Waals surface area contributed by atoms with E-state index in [0.717, 1.165) is 64.4 Å². The zero-order valence-electron chi connectivity index (χ0n) is 21.5. The molecule has 37 heavy (non-hydrogen) atoms. The van der Waals surface area contributed by atoms with Gasteiger partial charge in [0, 0.05) is 23.7 Å². The van der Waals surface area contributed by atoms with Crippen molar-refractivity contribution >= 4 is 21.7 Å². The van der Waals surface area contributed by atoms with Gasteiger partial charge in [-0.1, -0.05) is 48.9 Å². The Morgan fingerprint density at radius 2 is 1.68 bits per heavy atom. The summed E-state index contributed by atoms with van der Waals surface area (Å²) in [5.74, 6) is 0. The molecule has 2 heterocycles. The summed E-state index contributed by atoms with van der Waals surface area (Å²) < 4.78 is 29.3. The predicted octanol–water partition coefficient (Wildman–Crippen LogP) is 4.60. The number of urea groups is 1. The Kier molecular flexibility index (Phi) is 6.27. The first kappa shape index (κ1) is 25.0. The Morgan fingerprint density at radius 1 is 1.00 bits per heavy atom. The zero-order chi connectivity index (χ0) is 26.4. The monoisotopic (exact) mass is 517 g/mol. The van der Waals surface area contributed by atoms with E-state index in [2.05, 4.69) is 50.6 Å². The quantitative estimate of drug-likeness (QED) is 0.373. The van der Waals surface area contributed by atoms with E-state index in [1.165, 1.54) is 12.1 Å². The largest absolute Gasteiger partial charge is 0.336 e. The Morgan fingerprint density at radius 3 is 2.30 bits per heavy atom. The maximum Gasteiger partial charge on any atom is 0.328 e. The average Bonchev–Trinajstić information content (AvgIpc) is 3.56. The van der Waals surface area contributed by atoms with Crippen molar-refractivity contribution in [2.75, 3.05) is 6.54 Å². The highest BCUT2D eigenvalue weighted by Crippen LogP contribution is 2.48. The van der Waals surface area contributed by atoms with Crippen molar-refractivity contribution in [1.82, 2.24) is 24.4 Å². The fourth-order valence-electron chi connectivity index (χ4n) is 4.83. The number of hydrogen-bond donors (Lipinski definition) is 2. The highest BCUT2D eigenvalue weighted by atomic mass is 32.2. The van der Waals surface area contributed by atoms with Gasteiger partial charge in [0.2, 0.25) is 0 Å². The molecule has 2 amide bonds. The minimum Gasteiger partial charge on any atom is -0.336 e. The fraction of sp³-hybridized carbons (Fsp3) is 0.321. The number of aromatic nitrogens is 3. The Balaban J connectivity index is 1.31. The van der Waals surface area contributed by atoms with Crippen LogP contribution in [-0.4, -0.2) is 35.4 Å². The van der Waals surface area contributed by atoms with Crippen LogP contribution in [0.5, 0.6) is 0 Å². The Hall–Kier alpha value is -3.72. The summed E-state index contributed by atoms with van der Waals surface area (Å²) >= 11 is 0. The Labute approximate surface area is 217 Å². The van der Waals surface area contributed by atoms with Crippen molar-refractivity contribution < 1.29 is 13.2 Å². The summed E-state index contributed by atoms with van der Waals surface area (Å²) in [7, 11) is -3.92. The van der Waals surface area contributed by atoms with Crippen LogP contribution < -0.4 is 10.0 Å². The molecule has 1 fully saturated rings. The SMILES string of the molecule is CCc1nc2c(C)nc(C)cn2c1-c1ccc(C2(CNC(=O)NS(=O)(=O)c3ccc(C)cc3)CC2)cc1. The lowest BCUT2D eigenvalue weighted by molar-refractivity contribution is 0.245. The first-order valence-electron chi connectivity index (χ1n) is 12.5. The van der Waals surface area contributed by atoms with Crippen LogP contribution in [0.25, 0.3) is 16.9 Å². The van der Waals surface area contributed by atoms with Gasteiger partial charge in [-0.3, -0.25) is 9.38 Å². The minimum atomic E-state index is -3.92. The maximum absolute atomic E-state index is 12.5.